The molecule has 0 aliphatic rings. The van der Waals surface area contributed by atoms with Gasteiger partial charge in [-0.15, -0.1) is 0 Å². The highest BCUT2D eigenvalue weighted by Gasteiger charge is 2.11. The Morgan fingerprint density at radius 1 is 1.05 bits per heavy atom. The molecule has 0 unspecified atom stereocenters. The van der Waals surface area contributed by atoms with Crippen LogP contribution in [0.2, 0.25) is 0 Å². The monoisotopic (exact) mass is 262 g/mol. The van der Waals surface area contributed by atoms with Crippen molar-refractivity contribution >= 4 is 5.78 Å². The lowest BCUT2D eigenvalue weighted by Crippen LogP contribution is -1.96. The van der Waals surface area contributed by atoms with Crippen LogP contribution in [0.5, 0.6) is 5.75 Å². The molecule has 0 N–H and O–H groups in total. The SMILES string of the molecule is COc1ccc(C(C)=O)cc1-c1cc(F)cc(F)c1. The van der Waals surface area contributed by atoms with Gasteiger partial charge < -0.3 is 4.74 Å². The molecule has 2 aromatic rings. The second-order valence-corrected chi connectivity index (χ2v) is 4.13. The summed E-state index contributed by atoms with van der Waals surface area (Å²) in [6.45, 7) is 1.43. The van der Waals surface area contributed by atoms with Crippen LogP contribution >= 0.6 is 0 Å². The summed E-state index contributed by atoms with van der Waals surface area (Å²) in [6, 6.07) is 7.98. The Kier molecular flexibility index (Phi) is 3.60. The Bertz CT molecular complexity index is 616. The lowest BCUT2D eigenvalue weighted by Gasteiger charge is -2.10. The van der Waals surface area contributed by atoms with Crippen molar-refractivity contribution in [1.82, 2.24) is 0 Å². The molecule has 0 radical (unpaired) electrons. The van der Waals surface area contributed by atoms with Gasteiger partial charge in [0, 0.05) is 17.2 Å². The standard InChI is InChI=1S/C15H12F2O2/c1-9(18)10-3-4-15(19-2)14(7-10)11-5-12(16)8-13(17)6-11/h3-8H,1-2H3. The van der Waals surface area contributed by atoms with Gasteiger partial charge in [-0.3, -0.25) is 4.79 Å². The predicted molar refractivity (Wildman–Crippen MR) is 68.4 cm³/mol. The lowest BCUT2D eigenvalue weighted by atomic mass is 10.00. The first kappa shape index (κ1) is 13.2. The largest absolute Gasteiger partial charge is 0.496 e. The number of halogens is 2. The van der Waals surface area contributed by atoms with Gasteiger partial charge in [0.25, 0.3) is 0 Å². The number of carbonyl (C=O) groups is 1. The van der Waals surface area contributed by atoms with Gasteiger partial charge in [0.1, 0.15) is 17.4 Å². The highest BCUT2D eigenvalue weighted by atomic mass is 19.1. The van der Waals surface area contributed by atoms with Crippen molar-refractivity contribution in [3.8, 4) is 16.9 Å². The average molecular weight is 262 g/mol. The summed E-state index contributed by atoms with van der Waals surface area (Å²) in [5.41, 5.74) is 1.27. The van der Waals surface area contributed by atoms with Gasteiger partial charge in [0.05, 0.1) is 7.11 Å². The van der Waals surface area contributed by atoms with Crippen molar-refractivity contribution in [1.29, 1.82) is 0 Å². The van der Waals surface area contributed by atoms with E-state index in [-0.39, 0.29) is 5.78 Å². The van der Waals surface area contributed by atoms with Crippen LogP contribution in [0.1, 0.15) is 17.3 Å². The number of Topliss-reactive ketones (excluding diaryl/α,β-unsaturated/α-hetero) is 1. The van der Waals surface area contributed by atoms with Crippen molar-refractivity contribution in [2.45, 2.75) is 6.92 Å². The van der Waals surface area contributed by atoms with Crippen LogP contribution in [0, 0.1) is 11.6 Å². The Hall–Kier alpha value is -2.23. The van der Waals surface area contributed by atoms with Gasteiger partial charge in [0.15, 0.2) is 5.78 Å². The molecule has 0 fully saturated rings. The first-order valence-corrected chi connectivity index (χ1v) is 5.66. The molecule has 0 amide bonds. The van der Waals surface area contributed by atoms with Crippen LogP contribution in [0.15, 0.2) is 36.4 Å². The zero-order valence-electron chi connectivity index (χ0n) is 10.5. The van der Waals surface area contributed by atoms with E-state index in [1.165, 1.54) is 26.2 Å². The summed E-state index contributed by atoms with van der Waals surface area (Å²) in [4.78, 5) is 11.4. The zero-order valence-corrected chi connectivity index (χ0v) is 10.5. The van der Waals surface area contributed by atoms with E-state index in [2.05, 4.69) is 0 Å². The lowest BCUT2D eigenvalue weighted by molar-refractivity contribution is 0.101. The number of rotatable bonds is 3. The van der Waals surface area contributed by atoms with E-state index < -0.39 is 11.6 Å². The second-order valence-electron chi connectivity index (χ2n) is 4.13. The van der Waals surface area contributed by atoms with Crippen molar-refractivity contribution in [2.24, 2.45) is 0 Å². The minimum atomic E-state index is -0.676. The molecule has 0 saturated heterocycles. The van der Waals surface area contributed by atoms with Crippen molar-refractivity contribution in [2.75, 3.05) is 7.11 Å². The molecule has 2 aromatic carbocycles. The van der Waals surface area contributed by atoms with Crippen LogP contribution in [0.3, 0.4) is 0 Å². The molecule has 0 aliphatic carbocycles. The third-order valence-electron chi connectivity index (χ3n) is 2.78. The van der Waals surface area contributed by atoms with Crippen molar-refractivity contribution in [3.63, 3.8) is 0 Å². The maximum atomic E-state index is 13.3. The van der Waals surface area contributed by atoms with Crippen molar-refractivity contribution in [3.05, 3.63) is 53.6 Å². The molecular weight excluding hydrogens is 250 g/mol. The number of ketones is 1. The first-order valence-electron chi connectivity index (χ1n) is 5.66. The van der Waals surface area contributed by atoms with Gasteiger partial charge >= 0.3 is 0 Å². The van der Waals surface area contributed by atoms with Gasteiger partial charge in [-0.05, 0) is 42.8 Å². The summed E-state index contributed by atoms with van der Waals surface area (Å²) < 4.78 is 31.7. The normalized spacial score (nSPS) is 10.3. The predicted octanol–water partition coefficient (Wildman–Crippen LogP) is 3.84. The minimum absolute atomic E-state index is 0.124. The van der Waals surface area contributed by atoms with Crippen LogP contribution in [0.25, 0.3) is 11.1 Å². The molecule has 98 valence electrons. The second kappa shape index (κ2) is 5.18. The molecule has 0 atom stereocenters. The average Bonchev–Trinajstić information content (AvgIpc) is 2.36. The number of ether oxygens (including phenoxy) is 1. The molecule has 19 heavy (non-hydrogen) atoms. The maximum absolute atomic E-state index is 13.3. The van der Waals surface area contributed by atoms with Gasteiger partial charge in [-0.25, -0.2) is 8.78 Å². The number of methoxy groups -OCH3 is 1. The highest BCUT2D eigenvalue weighted by Crippen LogP contribution is 2.32. The molecule has 2 rings (SSSR count). The van der Waals surface area contributed by atoms with E-state index >= 15 is 0 Å². The molecule has 0 aliphatic heterocycles. The van der Waals surface area contributed by atoms with Gasteiger partial charge in [-0.2, -0.15) is 0 Å². The molecule has 0 spiro atoms. The fourth-order valence-electron chi connectivity index (χ4n) is 1.86. The minimum Gasteiger partial charge on any atom is -0.496 e. The third kappa shape index (κ3) is 2.78. The first-order chi connectivity index (χ1) is 9.01. The summed E-state index contributed by atoms with van der Waals surface area (Å²) in [6.07, 6.45) is 0. The van der Waals surface area contributed by atoms with Crippen LogP contribution < -0.4 is 4.74 Å². The fourth-order valence-corrected chi connectivity index (χ4v) is 1.86. The van der Waals surface area contributed by atoms with E-state index in [4.69, 9.17) is 4.74 Å². The van der Waals surface area contributed by atoms with Crippen LogP contribution in [-0.2, 0) is 0 Å². The van der Waals surface area contributed by atoms with E-state index in [9.17, 15) is 13.6 Å². The van der Waals surface area contributed by atoms with Crippen LogP contribution in [-0.4, -0.2) is 12.9 Å². The fraction of sp³-hybridized carbons (Fsp3) is 0.133. The molecule has 2 nitrogen and oxygen atoms in total. The molecule has 0 saturated carbocycles. The Morgan fingerprint density at radius 3 is 2.21 bits per heavy atom. The summed E-state index contributed by atoms with van der Waals surface area (Å²) >= 11 is 0. The number of carbonyl (C=O) groups excluding carboxylic acids is 1. The summed E-state index contributed by atoms with van der Waals surface area (Å²) in [5.74, 6) is -1.02. The number of hydrogen-bond acceptors (Lipinski definition) is 2. The molecule has 4 heteroatoms. The van der Waals surface area contributed by atoms with E-state index in [0.29, 0.717) is 22.4 Å². The van der Waals surface area contributed by atoms with Gasteiger partial charge in [-0.1, -0.05) is 0 Å². The van der Waals surface area contributed by atoms with Crippen molar-refractivity contribution < 1.29 is 18.3 Å². The van der Waals surface area contributed by atoms with E-state index in [1.807, 2.05) is 0 Å². The summed E-state index contributed by atoms with van der Waals surface area (Å²) in [5, 5.41) is 0. The van der Waals surface area contributed by atoms with E-state index in [0.717, 1.165) is 6.07 Å². The third-order valence-corrected chi connectivity index (χ3v) is 2.78. The quantitative estimate of drug-likeness (QED) is 0.785. The Labute approximate surface area is 109 Å². The molecule has 0 heterocycles. The topological polar surface area (TPSA) is 26.3 Å². The Morgan fingerprint density at radius 2 is 1.68 bits per heavy atom. The van der Waals surface area contributed by atoms with Crippen LogP contribution in [0.4, 0.5) is 8.78 Å². The highest BCUT2D eigenvalue weighted by molar-refractivity contribution is 5.96. The van der Waals surface area contributed by atoms with E-state index in [1.54, 1.807) is 18.2 Å². The smallest absolute Gasteiger partial charge is 0.159 e. The maximum Gasteiger partial charge on any atom is 0.159 e. The zero-order chi connectivity index (χ0) is 14.0. The Balaban J connectivity index is 2.64. The van der Waals surface area contributed by atoms with Gasteiger partial charge in [0.2, 0.25) is 0 Å². The molecular formula is C15H12F2O2. The summed E-state index contributed by atoms with van der Waals surface area (Å²) in [7, 11) is 1.46. The number of hydrogen-bond donors (Lipinski definition) is 0. The molecule has 0 aromatic heterocycles. The number of benzene rings is 2. The molecule has 0 bridgehead atoms.